The second-order valence-corrected chi connectivity index (χ2v) is 3.89. The van der Waals surface area contributed by atoms with E-state index < -0.39 is 0 Å². The quantitative estimate of drug-likeness (QED) is 0.585. The summed E-state index contributed by atoms with van der Waals surface area (Å²) in [7, 11) is 0. The number of anilines is 1. The molecule has 0 unspecified atom stereocenters. The molecule has 0 atom stereocenters. The van der Waals surface area contributed by atoms with Gasteiger partial charge >= 0.3 is 0 Å². The molecule has 3 aliphatic rings. The topological polar surface area (TPSA) is 6.48 Å². The molecule has 3 aliphatic heterocycles. The molecule has 1 aromatic carbocycles. The maximum Gasteiger partial charge on any atom is 0.0412 e. The van der Waals surface area contributed by atoms with Gasteiger partial charge in [-0.25, -0.2) is 0 Å². The third-order valence-electron chi connectivity index (χ3n) is 3.10. The first kappa shape index (κ1) is 7.39. The largest absolute Gasteiger partial charge is 0.369 e. The lowest BCUT2D eigenvalue weighted by molar-refractivity contribution is 0.261. The van der Waals surface area contributed by atoms with Crippen LogP contribution in [-0.2, 0) is 6.54 Å². The van der Waals surface area contributed by atoms with Gasteiger partial charge in [0.25, 0.3) is 0 Å². The van der Waals surface area contributed by atoms with Crippen LogP contribution in [0.2, 0.25) is 0 Å². The van der Waals surface area contributed by atoms with Crippen LogP contribution < -0.4 is 4.90 Å². The summed E-state index contributed by atoms with van der Waals surface area (Å²) in [5.41, 5.74) is 2.96. The van der Waals surface area contributed by atoms with Crippen molar-refractivity contribution in [3.05, 3.63) is 29.8 Å². The van der Waals surface area contributed by atoms with Crippen molar-refractivity contribution in [1.82, 2.24) is 4.90 Å². The van der Waals surface area contributed by atoms with E-state index >= 15 is 0 Å². The number of nitrogens with zero attached hydrogens (tertiary/aromatic N) is 2. The van der Waals surface area contributed by atoms with Crippen LogP contribution >= 0.6 is 0 Å². The Labute approximate surface area is 78.8 Å². The highest BCUT2D eigenvalue weighted by molar-refractivity contribution is 5.55. The van der Waals surface area contributed by atoms with Gasteiger partial charge in [0.2, 0.25) is 0 Å². The van der Waals surface area contributed by atoms with Gasteiger partial charge < -0.3 is 4.90 Å². The van der Waals surface area contributed by atoms with Crippen molar-refractivity contribution in [3.8, 4) is 0 Å². The Morgan fingerprint density at radius 3 is 2.54 bits per heavy atom. The molecule has 0 spiro atoms. The van der Waals surface area contributed by atoms with Crippen LogP contribution in [0.15, 0.2) is 24.3 Å². The van der Waals surface area contributed by atoms with Crippen molar-refractivity contribution in [3.63, 3.8) is 0 Å². The Balaban J connectivity index is 2.10. The molecule has 0 N–H and O–H groups in total. The maximum absolute atomic E-state index is 2.54. The number of fused-ring (bicyclic) bond motifs is 2. The first-order valence-corrected chi connectivity index (χ1v) is 4.99. The molecule has 2 nitrogen and oxygen atoms in total. The van der Waals surface area contributed by atoms with Gasteiger partial charge in [-0.1, -0.05) is 18.2 Å². The molecule has 2 heteroatoms. The van der Waals surface area contributed by atoms with E-state index in [2.05, 4.69) is 34.1 Å². The summed E-state index contributed by atoms with van der Waals surface area (Å²) in [5, 5.41) is 0. The first-order chi connectivity index (χ1) is 6.43. The van der Waals surface area contributed by atoms with Gasteiger partial charge in [-0.05, 0) is 11.6 Å². The predicted molar refractivity (Wildman–Crippen MR) is 53.9 cm³/mol. The summed E-state index contributed by atoms with van der Waals surface area (Å²) in [4.78, 5) is 5.06. The number of hydrogen-bond acceptors (Lipinski definition) is 2. The fraction of sp³-hybridized carbons (Fsp3) is 0.455. The third kappa shape index (κ3) is 1.13. The predicted octanol–water partition coefficient (Wildman–Crippen LogP) is 1.32. The molecular weight excluding hydrogens is 160 g/mol. The molecule has 2 bridgehead atoms. The molecule has 1 fully saturated rings. The molecule has 0 saturated carbocycles. The van der Waals surface area contributed by atoms with Gasteiger partial charge in [-0.15, -0.1) is 0 Å². The normalized spacial score (nSPS) is 21.4. The van der Waals surface area contributed by atoms with Crippen molar-refractivity contribution in [2.24, 2.45) is 0 Å². The highest BCUT2D eigenvalue weighted by Gasteiger charge is 2.23. The average molecular weight is 174 g/mol. The van der Waals surface area contributed by atoms with Gasteiger partial charge in [0.05, 0.1) is 0 Å². The smallest absolute Gasteiger partial charge is 0.0412 e. The lowest BCUT2D eigenvalue weighted by Crippen LogP contribution is -2.42. The molecule has 1 aromatic rings. The molecule has 0 radical (unpaired) electrons. The lowest BCUT2D eigenvalue weighted by Gasteiger charge is -2.31. The van der Waals surface area contributed by atoms with E-state index in [4.69, 9.17) is 0 Å². The number of rotatable bonds is 0. The summed E-state index contributed by atoms with van der Waals surface area (Å²) in [6, 6.07) is 8.80. The van der Waals surface area contributed by atoms with Gasteiger partial charge in [0.1, 0.15) is 0 Å². The van der Waals surface area contributed by atoms with E-state index in [1.54, 1.807) is 0 Å². The number of para-hydroxylation sites is 1. The Hall–Kier alpha value is -1.02. The molecular formula is C11H14N2. The van der Waals surface area contributed by atoms with Crippen LogP contribution in [0.25, 0.3) is 0 Å². The monoisotopic (exact) mass is 174 g/mol. The zero-order chi connectivity index (χ0) is 8.67. The minimum Gasteiger partial charge on any atom is -0.369 e. The van der Waals surface area contributed by atoms with E-state index in [1.807, 2.05) is 0 Å². The van der Waals surface area contributed by atoms with Crippen molar-refractivity contribution in [2.45, 2.75) is 6.54 Å². The van der Waals surface area contributed by atoms with Crippen LogP contribution in [0.4, 0.5) is 5.69 Å². The highest BCUT2D eigenvalue weighted by Crippen LogP contribution is 2.27. The number of hydrogen-bond donors (Lipinski definition) is 0. The van der Waals surface area contributed by atoms with E-state index in [0.29, 0.717) is 0 Å². The summed E-state index contributed by atoms with van der Waals surface area (Å²) < 4.78 is 0. The van der Waals surface area contributed by atoms with E-state index in [9.17, 15) is 0 Å². The lowest BCUT2D eigenvalue weighted by atomic mass is 10.2. The molecule has 13 heavy (non-hydrogen) atoms. The van der Waals surface area contributed by atoms with Gasteiger partial charge in [0.15, 0.2) is 0 Å². The zero-order valence-corrected chi connectivity index (χ0v) is 7.74. The Kier molecular flexibility index (Phi) is 1.56. The van der Waals surface area contributed by atoms with Crippen LogP contribution in [0.5, 0.6) is 0 Å². The van der Waals surface area contributed by atoms with Gasteiger partial charge in [-0.2, -0.15) is 0 Å². The zero-order valence-electron chi connectivity index (χ0n) is 7.74. The average Bonchev–Trinajstić information content (AvgIpc) is 2.46. The second-order valence-electron chi connectivity index (χ2n) is 3.89. The molecule has 1 saturated heterocycles. The van der Waals surface area contributed by atoms with Crippen LogP contribution in [-0.4, -0.2) is 31.1 Å². The molecule has 4 rings (SSSR count). The van der Waals surface area contributed by atoms with Crippen molar-refractivity contribution in [2.75, 3.05) is 31.1 Å². The number of piperazine rings is 1. The Morgan fingerprint density at radius 1 is 0.923 bits per heavy atom. The maximum atomic E-state index is 2.54. The highest BCUT2D eigenvalue weighted by atomic mass is 15.3. The fourth-order valence-electron chi connectivity index (χ4n) is 2.34. The number of benzene rings is 1. The third-order valence-corrected chi connectivity index (χ3v) is 3.10. The van der Waals surface area contributed by atoms with Gasteiger partial charge in [0, 0.05) is 38.4 Å². The SMILES string of the molecule is c1ccc2c(c1)CN1CCN2CC1. The molecule has 0 amide bonds. The summed E-state index contributed by atoms with van der Waals surface area (Å²) in [6.07, 6.45) is 0. The second kappa shape index (κ2) is 2.74. The standard InChI is InChI=1S/C11H14N2/c1-2-4-11-10(3-1)9-12-5-7-13(11)8-6-12/h1-4H,5-9H2. The molecule has 68 valence electrons. The minimum absolute atomic E-state index is 1.15. The summed E-state index contributed by atoms with van der Waals surface area (Å²) >= 11 is 0. The summed E-state index contributed by atoms with van der Waals surface area (Å²) in [5.74, 6) is 0. The Morgan fingerprint density at radius 2 is 1.69 bits per heavy atom. The molecule has 0 aromatic heterocycles. The van der Waals surface area contributed by atoms with Crippen LogP contribution in [0.1, 0.15) is 5.56 Å². The fourth-order valence-corrected chi connectivity index (χ4v) is 2.34. The van der Waals surface area contributed by atoms with Crippen molar-refractivity contribution >= 4 is 5.69 Å². The van der Waals surface area contributed by atoms with E-state index in [0.717, 1.165) is 6.54 Å². The minimum atomic E-state index is 1.15. The van der Waals surface area contributed by atoms with Gasteiger partial charge in [-0.3, -0.25) is 4.90 Å². The molecule has 3 heterocycles. The Bertz CT molecular complexity index is 314. The molecule has 0 aliphatic carbocycles. The van der Waals surface area contributed by atoms with Crippen LogP contribution in [0.3, 0.4) is 0 Å². The van der Waals surface area contributed by atoms with Crippen molar-refractivity contribution < 1.29 is 0 Å². The first-order valence-electron chi connectivity index (χ1n) is 4.99. The summed E-state index contributed by atoms with van der Waals surface area (Å²) in [6.45, 7) is 6.02. The van der Waals surface area contributed by atoms with E-state index in [1.165, 1.54) is 37.4 Å². The van der Waals surface area contributed by atoms with Crippen molar-refractivity contribution in [1.29, 1.82) is 0 Å². The van der Waals surface area contributed by atoms with E-state index in [-0.39, 0.29) is 0 Å². The van der Waals surface area contributed by atoms with Crippen LogP contribution in [0, 0.1) is 0 Å².